The fourth-order valence-corrected chi connectivity index (χ4v) is 6.71. The Kier molecular flexibility index (Phi) is 6.54. The van der Waals surface area contributed by atoms with Gasteiger partial charge in [-0.1, -0.05) is 78.9 Å². The Balaban J connectivity index is 1.08. The molecule has 9 rings (SSSR count). The fourth-order valence-electron chi connectivity index (χ4n) is 6.17. The van der Waals surface area contributed by atoms with Gasteiger partial charge in [0.05, 0.1) is 45.7 Å². The third kappa shape index (κ3) is 4.90. The number of rotatable bonds is 5. The third-order valence-corrected chi connectivity index (χ3v) is 9.02. The maximum Gasteiger partial charge on any atom is 0.113 e. The number of aromatic nitrogens is 6. The Morgan fingerprint density at radius 1 is 0.404 bits per heavy atom. The molecule has 0 radical (unpaired) electrons. The van der Waals surface area contributed by atoms with E-state index in [4.69, 9.17) is 9.97 Å². The van der Waals surface area contributed by atoms with Crippen LogP contribution in [-0.2, 0) is 0 Å². The van der Waals surface area contributed by atoms with Gasteiger partial charge in [0.25, 0.3) is 0 Å². The maximum absolute atomic E-state index is 5.11. The number of hydrogen-bond donors (Lipinski definition) is 0. The number of benzene rings is 4. The van der Waals surface area contributed by atoms with E-state index in [9.17, 15) is 0 Å². The molecule has 0 saturated heterocycles. The number of pyridine rings is 4. The lowest BCUT2D eigenvalue weighted by Crippen LogP contribution is -1.94. The number of nitrogens with zero attached hydrogens (tertiary/aromatic N) is 6. The van der Waals surface area contributed by atoms with Crippen molar-refractivity contribution in [2.24, 2.45) is 0 Å². The third-order valence-electron chi connectivity index (χ3n) is 8.48. The summed E-state index contributed by atoms with van der Waals surface area (Å²) in [6, 6.07) is 45.7. The summed E-state index contributed by atoms with van der Waals surface area (Å²) in [5, 5.41) is 3.27. The molecule has 0 bridgehead atoms. The predicted molar refractivity (Wildman–Crippen MR) is 191 cm³/mol. The molecule has 4 aromatic carbocycles. The van der Waals surface area contributed by atoms with Gasteiger partial charge < -0.3 is 0 Å². The van der Waals surface area contributed by atoms with Crippen molar-refractivity contribution in [1.82, 2.24) is 28.7 Å². The molecule has 5 heterocycles. The van der Waals surface area contributed by atoms with Crippen LogP contribution in [0.4, 0.5) is 0 Å². The number of para-hydroxylation sites is 1. The Morgan fingerprint density at radius 2 is 1.00 bits per heavy atom. The summed E-state index contributed by atoms with van der Waals surface area (Å²) in [5.41, 5.74) is 12.5. The molecule has 9 aromatic rings. The van der Waals surface area contributed by atoms with Crippen molar-refractivity contribution in [3.63, 3.8) is 0 Å². The van der Waals surface area contributed by atoms with Gasteiger partial charge in [-0.2, -0.15) is 8.75 Å². The quantitative estimate of drug-likeness (QED) is 0.178. The van der Waals surface area contributed by atoms with Gasteiger partial charge in [-0.05, 0) is 76.9 Å². The minimum atomic E-state index is 0.810. The Bertz CT molecular complexity index is 2490. The van der Waals surface area contributed by atoms with Gasteiger partial charge in [0.15, 0.2) is 0 Å². The van der Waals surface area contributed by atoms with E-state index in [0.29, 0.717) is 0 Å². The van der Waals surface area contributed by atoms with Crippen molar-refractivity contribution in [3.8, 4) is 56.3 Å². The van der Waals surface area contributed by atoms with Crippen LogP contribution in [0.3, 0.4) is 0 Å². The van der Waals surface area contributed by atoms with E-state index in [2.05, 4.69) is 104 Å². The average molecular weight is 621 g/mol. The molecule has 47 heavy (non-hydrogen) atoms. The van der Waals surface area contributed by atoms with Gasteiger partial charge in [-0.25, -0.2) is 9.97 Å². The Morgan fingerprint density at radius 3 is 1.64 bits per heavy atom. The molecule has 0 N–H and O–H groups in total. The number of fused-ring (bicyclic) bond motifs is 5. The van der Waals surface area contributed by atoms with Crippen LogP contribution in [0.5, 0.6) is 0 Å². The van der Waals surface area contributed by atoms with Crippen molar-refractivity contribution in [3.05, 3.63) is 146 Å². The molecule has 0 atom stereocenters. The molecule has 6 nitrogen and oxygen atoms in total. The highest BCUT2D eigenvalue weighted by atomic mass is 32.1. The summed E-state index contributed by atoms with van der Waals surface area (Å²) >= 11 is 1.25. The highest BCUT2D eigenvalue weighted by Crippen LogP contribution is 2.37. The summed E-state index contributed by atoms with van der Waals surface area (Å²) in [6.07, 6.45) is 3.58. The lowest BCUT2D eigenvalue weighted by atomic mass is 9.96. The molecular formula is C40H24N6S. The minimum Gasteiger partial charge on any atom is -0.255 e. The summed E-state index contributed by atoms with van der Waals surface area (Å²) in [4.78, 5) is 19.1. The first-order valence-electron chi connectivity index (χ1n) is 15.3. The molecule has 0 saturated carbocycles. The van der Waals surface area contributed by atoms with Crippen LogP contribution in [0.2, 0.25) is 0 Å². The molecule has 0 spiro atoms. The normalized spacial score (nSPS) is 11.4. The molecule has 0 aliphatic carbocycles. The highest BCUT2D eigenvalue weighted by Gasteiger charge is 2.15. The van der Waals surface area contributed by atoms with Gasteiger partial charge in [-0.15, -0.1) is 0 Å². The Labute approximate surface area is 274 Å². The second-order valence-electron chi connectivity index (χ2n) is 11.3. The van der Waals surface area contributed by atoms with Crippen LogP contribution >= 0.6 is 11.7 Å². The average Bonchev–Trinajstić information content (AvgIpc) is 3.65. The van der Waals surface area contributed by atoms with E-state index in [1.54, 1.807) is 12.4 Å². The van der Waals surface area contributed by atoms with Crippen LogP contribution in [0.1, 0.15) is 0 Å². The second kappa shape index (κ2) is 11.3. The van der Waals surface area contributed by atoms with Crippen molar-refractivity contribution in [2.45, 2.75) is 0 Å². The van der Waals surface area contributed by atoms with E-state index in [1.165, 1.54) is 11.7 Å². The Hall–Kier alpha value is -6.18. The fraction of sp³-hybridized carbons (Fsp3) is 0. The van der Waals surface area contributed by atoms with Crippen molar-refractivity contribution < 1.29 is 0 Å². The van der Waals surface area contributed by atoms with Crippen molar-refractivity contribution >= 4 is 44.4 Å². The van der Waals surface area contributed by atoms with E-state index < -0.39 is 0 Å². The smallest absolute Gasteiger partial charge is 0.113 e. The summed E-state index contributed by atoms with van der Waals surface area (Å²) in [5.74, 6) is 0. The SMILES string of the molecule is c1ccc(-c2cc(-c3ccc(-c4ccc(-c5nc6ccccc6c6c5ccc5nsnc56)cc4)cc3)cc(-c3ccccn3)n2)nc1. The van der Waals surface area contributed by atoms with Gasteiger partial charge in [0.1, 0.15) is 11.0 Å². The van der Waals surface area contributed by atoms with Crippen molar-refractivity contribution in [1.29, 1.82) is 0 Å². The van der Waals surface area contributed by atoms with E-state index >= 15 is 0 Å². The molecular weight excluding hydrogens is 597 g/mol. The zero-order chi connectivity index (χ0) is 31.2. The molecule has 220 valence electrons. The minimum absolute atomic E-state index is 0.810. The standard InChI is InChI=1S/C40H24N6S/c1-2-8-32-30(7-1)38-31(19-20-35-40(38)46-47-45-35)39(44-32)28-17-15-26(16-18-28)25-11-13-27(14-12-25)29-23-36(33-9-3-5-21-41-33)43-37(24-29)34-10-4-6-22-42-34/h1-24H. The summed E-state index contributed by atoms with van der Waals surface area (Å²) in [7, 11) is 0. The molecule has 0 aliphatic heterocycles. The lowest BCUT2D eigenvalue weighted by Gasteiger charge is -2.12. The first-order valence-corrected chi connectivity index (χ1v) is 16.0. The van der Waals surface area contributed by atoms with E-state index in [0.717, 1.165) is 89.0 Å². The van der Waals surface area contributed by atoms with Gasteiger partial charge >= 0.3 is 0 Å². The molecule has 5 aromatic heterocycles. The largest absolute Gasteiger partial charge is 0.255 e. The monoisotopic (exact) mass is 620 g/mol. The van der Waals surface area contributed by atoms with Crippen LogP contribution < -0.4 is 0 Å². The van der Waals surface area contributed by atoms with E-state index in [1.807, 2.05) is 48.5 Å². The van der Waals surface area contributed by atoms with E-state index in [-0.39, 0.29) is 0 Å². The summed E-state index contributed by atoms with van der Waals surface area (Å²) < 4.78 is 9.13. The van der Waals surface area contributed by atoms with Crippen LogP contribution in [-0.4, -0.2) is 28.7 Å². The summed E-state index contributed by atoms with van der Waals surface area (Å²) in [6.45, 7) is 0. The predicted octanol–water partition coefficient (Wildman–Crippen LogP) is 9.91. The van der Waals surface area contributed by atoms with Gasteiger partial charge in [-0.3, -0.25) is 9.97 Å². The zero-order valence-corrected chi connectivity index (χ0v) is 25.8. The molecule has 0 aliphatic rings. The molecule has 0 fully saturated rings. The topological polar surface area (TPSA) is 77.3 Å². The molecule has 7 heteroatoms. The molecule has 0 unspecified atom stereocenters. The first-order chi connectivity index (χ1) is 23.3. The first kappa shape index (κ1) is 27.2. The van der Waals surface area contributed by atoms with Crippen molar-refractivity contribution in [2.75, 3.05) is 0 Å². The van der Waals surface area contributed by atoms with Gasteiger partial charge in [0.2, 0.25) is 0 Å². The van der Waals surface area contributed by atoms with Crippen LogP contribution in [0, 0.1) is 0 Å². The van der Waals surface area contributed by atoms with Crippen LogP contribution in [0.15, 0.2) is 146 Å². The molecule has 0 amide bonds. The number of hydrogen-bond acceptors (Lipinski definition) is 7. The lowest BCUT2D eigenvalue weighted by molar-refractivity contribution is 1.22. The highest BCUT2D eigenvalue weighted by molar-refractivity contribution is 7.00. The van der Waals surface area contributed by atoms with Crippen LogP contribution in [0.25, 0.3) is 89.0 Å². The van der Waals surface area contributed by atoms with Gasteiger partial charge in [0, 0.05) is 34.1 Å². The maximum atomic E-state index is 5.11. The second-order valence-corrected chi connectivity index (χ2v) is 11.8. The zero-order valence-electron chi connectivity index (χ0n) is 24.9.